The molecule has 94 valence electrons. The molecule has 0 saturated heterocycles. The van der Waals surface area contributed by atoms with Gasteiger partial charge in [0.25, 0.3) is 0 Å². The topological polar surface area (TPSA) is 42.1 Å². The molecule has 0 fully saturated rings. The van der Waals surface area contributed by atoms with Crippen LogP contribution < -0.4 is 0 Å². The van der Waals surface area contributed by atoms with Crippen LogP contribution in [-0.2, 0) is 11.3 Å². The van der Waals surface area contributed by atoms with Gasteiger partial charge >= 0.3 is 5.97 Å². The first-order valence-electron chi connectivity index (χ1n) is 5.02. The van der Waals surface area contributed by atoms with E-state index in [-0.39, 0.29) is 17.9 Å². The van der Waals surface area contributed by atoms with Gasteiger partial charge in [0, 0.05) is 11.8 Å². The van der Waals surface area contributed by atoms with Crippen molar-refractivity contribution in [1.82, 2.24) is 4.98 Å². The summed E-state index contributed by atoms with van der Waals surface area (Å²) in [5.41, 5.74) is 0.123. The number of aromatic nitrogens is 1. The summed E-state index contributed by atoms with van der Waals surface area (Å²) in [6.07, 6.45) is 1.42. The Labute approximate surface area is 106 Å². The molecule has 3 nitrogen and oxygen atoms in total. The van der Waals surface area contributed by atoms with Gasteiger partial charge in [-0.05, 0) is 12.1 Å². The number of halogens is 3. The Bertz CT molecular complexity index is 583. The van der Waals surface area contributed by atoms with Gasteiger partial charge in [-0.15, -0.1) is 0 Å². The van der Waals surface area contributed by atoms with Gasteiger partial charge in [0.2, 0.25) is 0 Å². The van der Waals surface area contributed by atoms with E-state index in [1.807, 2.05) is 0 Å². The third-order valence-electron chi connectivity index (χ3n) is 2.26. The van der Waals surface area contributed by atoms with Crippen molar-refractivity contribution in [2.75, 3.05) is 0 Å². The highest BCUT2D eigenvalue weighted by molar-refractivity contribution is 6.30. The highest BCUT2D eigenvalue weighted by atomic mass is 35.5. The lowest BCUT2D eigenvalue weighted by molar-refractivity contribution is 0.0462. The maximum absolute atomic E-state index is 13.3. The molecule has 0 aliphatic rings. The number of nitrogens with one attached hydrogen (secondary N) is 1. The van der Waals surface area contributed by atoms with Crippen LogP contribution in [0, 0.1) is 11.6 Å². The zero-order valence-corrected chi connectivity index (χ0v) is 9.80. The summed E-state index contributed by atoms with van der Waals surface area (Å²) in [7, 11) is 0. The highest BCUT2D eigenvalue weighted by Crippen LogP contribution is 2.14. The van der Waals surface area contributed by atoms with Gasteiger partial charge in [0.05, 0.1) is 5.02 Å². The van der Waals surface area contributed by atoms with Crippen molar-refractivity contribution in [2.45, 2.75) is 6.61 Å². The maximum atomic E-state index is 13.3. The first kappa shape index (κ1) is 12.6. The van der Waals surface area contributed by atoms with E-state index in [1.165, 1.54) is 24.4 Å². The Kier molecular flexibility index (Phi) is 3.62. The van der Waals surface area contributed by atoms with Gasteiger partial charge in [-0.1, -0.05) is 23.7 Å². The number of esters is 1. The lowest BCUT2D eigenvalue weighted by Gasteiger charge is -2.05. The number of ether oxygens (including phenoxy) is 1. The maximum Gasteiger partial charge on any atom is 0.355 e. The molecule has 1 aromatic heterocycles. The monoisotopic (exact) mass is 271 g/mol. The van der Waals surface area contributed by atoms with Crippen LogP contribution in [0.3, 0.4) is 0 Å². The van der Waals surface area contributed by atoms with E-state index in [4.69, 9.17) is 16.3 Å². The van der Waals surface area contributed by atoms with Crippen LogP contribution in [0.2, 0.25) is 5.02 Å². The zero-order chi connectivity index (χ0) is 13.1. The quantitative estimate of drug-likeness (QED) is 0.870. The van der Waals surface area contributed by atoms with E-state index < -0.39 is 17.6 Å². The van der Waals surface area contributed by atoms with Crippen molar-refractivity contribution in [3.8, 4) is 0 Å². The number of benzene rings is 1. The Morgan fingerprint density at radius 2 is 2.17 bits per heavy atom. The number of hydrogen-bond donors (Lipinski definition) is 1. The summed E-state index contributed by atoms with van der Waals surface area (Å²) in [6, 6.07) is 5.05. The highest BCUT2D eigenvalue weighted by Gasteiger charge is 2.12. The average Bonchev–Trinajstić information content (AvgIpc) is 2.77. The van der Waals surface area contributed by atoms with Crippen LogP contribution in [0.4, 0.5) is 8.78 Å². The molecule has 1 heterocycles. The molecule has 0 saturated carbocycles. The predicted molar refractivity (Wildman–Crippen MR) is 61.3 cm³/mol. The average molecular weight is 272 g/mol. The number of carbonyl (C=O) groups is 1. The second-order valence-corrected chi connectivity index (χ2v) is 3.96. The van der Waals surface area contributed by atoms with Crippen LogP contribution in [0.1, 0.15) is 16.1 Å². The SMILES string of the molecule is O=C(OCc1cccc(F)c1F)c1cc(Cl)c[nH]1. The predicted octanol–water partition coefficient (Wildman–Crippen LogP) is 3.30. The van der Waals surface area contributed by atoms with Gasteiger partial charge in [0.15, 0.2) is 11.6 Å². The molecule has 1 N–H and O–H groups in total. The van der Waals surface area contributed by atoms with Crippen molar-refractivity contribution in [3.05, 3.63) is 58.4 Å². The summed E-state index contributed by atoms with van der Waals surface area (Å²) >= 11 is 5.62. The second-order valence-electron chi connectivity index (χ2n) is 3.52. The van der Waals surface area contributed by atoms with E-state index >= 15 is 0 Å². The van der Waals surface area contributed by atoms with E-state index in [1.54, 1.807) is 0 Å². The third kappa shape index (κ3) is 2.68. The number of hydrogen-bond acceptors (Lipinski definition) is 2. The molecular formula is C12H8ClF2NO2. The fourth-order valence-corrected chi connectivity index (χ4v) is 1.53. The Hall–Kier alpha value is -1.88. The van der Waals surface area contributed by atoms with Gasteiger partial charge in [-0.2, -0.15) is 0 Å². The summed E-state index contributed by atoms with van der Waals surface area (Å²) < 4.78 is 31.0. The van der Waals surface area contributed by atoms with Crippen molar-refractivity contribution in [1.29, 1.82) is 0 Å². The summed E-state index contributed by atoms with van der Waals surface area (Å²) in [5, 5.41) is 0.360. The van der Waals surface area contributed by atoms with Gasteiger partial charge in [-0.3, -0.25) is 0 Å². The van der Waals surface area contributed by atoms with Gasteiger partial charge < -0.3 is 9.72 Å². The van der Waals surface area contributed by atoms with E-state index in [0.29, 0.717) is 5.02 Å². The van der Waals surface area contributed by atoms with Crippen molar-refractivity contribution in [3.63, 3.8) is 0 Å². The first-order chi connectivity index (χ1) is 8.58. The molecule has 2 aromatic rings. The number of rotatable bonds is 3. The minimum absolute atomic E-state index is 0.0268. The van der Waals surface area contributed by atoms with Crippen LogP contribution in [0.25, 0.3) is 0 Å². The van der Waals surface area contributed by atoms with Crippen LogP contribution in [0.15, 0.2) is 30.5 Å². The molecule has 2 rings (SSSR count). The van der Waals surface area contributed by atoms with Crippen LogP contribution >= 0.6 is 11.6 Å². The zero-order valence-electron chi connectivity index (χ0n) is 9.04. The van der Waals surface area contributed by atoms with E-state index in [9.17, 15) is 13.6 Å². The number of H-pyrrole nitrogens is 1. The lowest BCUT2D eigenvalue weighted by atomic mass is 10.2. The second kappa shape index (κ2) is 5.18. The molecule has 0 amide bonds. The minimum atomic E-state index is -1.02. The third-order valence-corrected chi connectivity index (χ3v) is 2.48. The van der Waals surface area contributed by atoms with Gasteiger partial charge in [-0.25, -0.2) is 13.6 Å². The van der Waals surface area contributed by atoms with Crippen LogP contribution in [-0.4, -0.2) is 11.0 Å². The van der Waals surface area contributed by atoms with E-state index in [0.717, 1.165) is 6.07 Å². The molecule has 0 aliphatic carbocycles. The minimum Gasteiger partial charge on any atom is -0.456 e. The number of aromatic amines is 1. The standard InChI is InChI=1S/C12H8ClF2NO2/c13-8-4-10(16-5-8)12(17)18-6-7-2-1-3-9(14)11(7)15/h1-5,16H,6H2. The van der Waals surface area contributed by atoms with Crippen molar-refractivity contribution in [2.24, 2.45) is 0 Å². The summed E-state index contributed by atoms with van der Waals surface area (Å²) in [5.74, 6) is -2.69. The Morgan fingerprint density at radius 3 is 2.83 bits per heavy atom. The molecule has 1 aromatic carbocycles. The van der Waals surface area contributed by atoms with E-state index in [2.05, 4.69) is 4.98 Å². The normalized spacial score (nSPS) is 10.4. The smallest absolute Gasteiger partial charge is 0.355 e. The summed E-state index contributed by atoms with van der Waals surface area (Å²) in [4.78, 5) is 14.1. The largest absolute Gasteiger partial charge is 0.456 e. The molecule has 0 aliphatic heterocycles. The Morgan fingerprint density at radius 1 is 1.39 bits per heavy atom. The fraction of sp³-hybridized carbons (Fsp3) is 0.0833. The number of carbonyl (C=O) groups excluding carboxylic acids is 1. The molecule has 0 bridgehead atoms. The molecular weight excluding hydrogens is 264 g/mol. The van der Waals surface area contributed by atoms with Crippen LogP contribution in [0.5, 0.6) is 0 Å². The summed E-state index contributed by atoms with van der Waals surface area (Å²) in [6.45, 7) is -0.348. The van der Waals surface area contributed by atoms with Crippen molar-refractivity contribution < 1.29 is 18.3 Å². The fourth-order valence-electron chi connectivity index (χ4n) is 1.37. The molecule has 0 unspecified atom stereocenters. The van der Waals surface area contributed by atoms with Gasteiger partial charge in [0.1, 0.15) is 12.3 Å². The molecule has 0 radical (unpaired) electrons. The molecule has 0 spiro atoms. The lowest BCUT2D eigenvalue weighted by Crippen LogP contribution is -2.07. The molecule has 18 heavy (non-hydrogen) atoms. The first-order valence-corrected chi connectivity index (χ1v) is 5.39. The van der Waals surface area contributed by atoms with Crippen molar-refractivity contribution >= 4 is 17.6 Å². The molecule has 6 heteroatoms. The molecule has 0 atom stereocenters. The Balaban J connectivity index is 2.04.